The summed E-state index contributed by atoms with van der Waals surface area (Å²) in [7, 11) is 1.68. The summed E-state index contributed by atoms with van der Waals surface area (Å²) in [5, 5.41) is 3.69. The predicted molar refractivity (Wildman–Crippen MR) is 48.6 cm³/mol. The maximum atomic E-state index is 5.53. The fourth-order valence-corrected chi connectivity index (χ4v) is 1.18. The Balaban J connectivity index is 2.44. The lowest BCUT2D eigenvalue weighted by Gasteiger charge is -2.05. The molecule has 1 heterocycles. The molecule has 5 heteroatoms. The molecule has 4 nitrogen and oxygen atoms in total. The van der Waals surface area contributed by atoms with Gasteiger partial charge in [0.25, 0.3) is 0 Å². The van der Waals surface area contributed by atoms with Crippen LogP contribution in [0.25, 0.3) is 0 Å². The lowest BCUT2D eigenvalue weighted by Crippen LogP contribution is -2.07. The van der Waals surface area contributed by atoms with Crippen molar-refractivity contribution in [2.75, 3.05) is 13.7 Å². The summed E-state index contributed by atoms with van der Waals surface area (Å²) in [5.74, 6) is 1.84. The highest BCUT2D eigenvalue weighted by Gasteiger charge is 2.09. The Morgan fingerprint density at radius 3 is 2.92 bits per heavy atom. The van der Waals surface area contributed by atoms with E-state index in [-0.39, 0.29) is 0 Å². The molecule has 1 rings (SSSR count). The summed E-state index contributed by atoms with van der Waals surface area (Å²) in [6.45, 7) is 2.76. The van der Waals surface area contributed by atoms with Crippen LogP contribution in [0, 0.1) is 5.92 Å². The van der Waals surface area contributed by atoms with Crippen molar-refractivity contribution >= 4 is 11.6 Å². The highest BCUT2D eigenvalue weighted by Crippen LogP contribution is 2.07. The van der Waals surface area contributed by atoms with Gasteiger partial charge in [-0.15, -0.1) is 11.6 Å². The van der Waals surface area contributed by atoms with Crippen LogP contribution < -0.4 is 0 Å². The van der Waals surface area contributed by atoms with Crippen molar-refractivity contribution in [2.45, 2.75) is 19.2 Å². The fourth-order valence-electron chi connectivity index (χ4n) is 1.07. The third kappa shape index (κ3) is 3.32. The average Bonchev–Trinajstić information content (AvgIpc) is 2.52. The summed E-state index contributed by atoms with van der Waals surface area (Å²) >= 11 is 5.53. The molecule has 0 aromatic carbocycles. The summed E-state index contributed by atoms with van der Waals surface area (Å²) in [5.41, 5.74) is 0. The van der Waals surface area contributed by atoms with Crippen molar-refractivity contribution in [3.8, 4) is 0 Å². The van der Waals surface area contributed by atoms with E-state index in [1.165, 1.54) is 0 Å². The number of ether oxygens (including phenoxy) is 1. The van der Waals surface area contributed by atoms with Gasteiger partial charge < -0.3 is 9.26 Å². The Kier molecular flexibility index (Phi) is 4.18. The third-order valence-electron chi connectivity index (χ3n) is 1.60. The minimum Gasteiger partial charge on any atom is -0.384 e. The first-order chi connectivity index (χ1) is 6.26. The van der Waals surface area contributed by atoms with Crippen LogP contribution in [0.4, 0.5) is 0 Å². The molecule has 0 saturated carbocycles. The quantitative estimate of drug-likeness (QED) is 0.685. The lowest BCUT2D eigenvalue weighted by atomic mass is 10.1. The standard InChI is InChI=1S/C8H13ClN2O2/c1-6(5-12-2)3-8-10-7(4-9)11-13-8/h6H,3-5H2,1-2H3. The number of aromatic nitrogens is 2. The second-order valence-corrected chi connectivity index (χ2v) is 3.27. The van der Waals surface area contributed by atoms with Crippen molar-refractivity contribution in [3.63, 3.8) is 0 Å². The fraction of sp³-hybridized carbons (Fsp3) is 0.750. The molecule has 0 aliphatic carbocycles. The first kappa shape index (κ1) is 10.5. The van der Waals surface area contributed by atoms with Crippen molar-refractivity contribution < 1.29 is 9.26 Å². The van der Waals surface area contributed by atoms with E-state index < -0.39 is 0 Å². The van der Waals surface area contributed by atoms with Crippen LogP contribution in [0.15, 0.2) is 4.52 Å². The largest absolute Gasteiger partial charge is 0.384 e. The highest BCUT2D eigenvalue weighted by atomic mass is 35.5. The summed E-state index contributed by atoms with van der Waals surface area (Å²) < 4.78 is 9.96. The Labute approximate surface area is 82.2 Å². The number of rotatable bonds is 5. The van der Waals surface area contributed by atoms with Gasteiger partial charge in [0.1, 0.15) is 0 Å². The maximum Gasteiger partial charge on any atom is 0.227 e. The molecule has 0 N–H and O–H groups in total. The van der Waals surface area contributed by atoms with E-state index >= 15 is 0 Å². The van der Waals surface area contributed by atoms with Gasteiger partial charge in [0.15, 0.2) is 5.82 Å². The van der Waals surface area contributed by atoms with Crippen LogP contribution in [0.5, 0.6) is 0 Å². The van der Waals surface area contributed by atoms with E-state index in [4.69, 9.17) is 20.9 Å². The molecule has 0 saturated heterocycles. The molecular formula is C8H13ClN2O2. The van der Waals surface area contributed by atoms with E-state index in [1.807, 2.05) is 0 Å². The second kappa shape index (κ2) is 5.19. The molecule has 74 valence electrons. The molecule has 0 bridgehead atoms. The van der Waals surface area contributed by atoms with Crippen LogP contribution in [0.1, 0.15) is 18.6 Å². The molecular weight excluding hydrogens is 192 g/mol. The van der Waals surface area contributed by atoms with E-state index in [1.54, 1.807) is 7.11 Å². The average molecular weight is 205 g/mol. The van der Waals surface area contributed by atoms with Gasteiger partial charge in [0.05, 0.1) is 5.88 Å². The van der Waals surface area contributed by atoms with Crippen molar-refractivity contribution in [1.29, 1.82) is 0 Å². The minimum atomic E-state index is 0.294. The van der Waals surface area contributed by atoms with Gasteiger partial charge in [-0.1, -0.05) is 12.1 Å². The molecule has 1 aromatic rings. The van der Waals surface area contributed by atoms with E-state index in [0.717, 1.165) is 6.42 Å². The number of halogens is 1. The first-order valence-corrected chi connectivity index (χ1v) is 4.66. The van der Waals surface area contributed by atoms with Gasteiger partial charge in [-0.3, -0.25) is 0 Å². The van der Waals surface area contributed by atoms with Crippen LogP contribution in [0.2, 0.25) is 0 Å². The topological polar surface area (TPSA) is 48.2 Å². The van der Waals surface area contributed by atoms with Crippen LogP contribution in [-0.2, 0) is 17.0 Å². The van der Waals surface area contributed by atoms with E-state index in [9.17, 15) is 0 Å². The second-order valence-electron chi connectivity index (χ2n) is 3.00. The molecule has 0 spiro atoms. The summed E-state index contributed by atoms with van der Waals surface area (Å²) in [6, 6.07) is 0. The molecule has 0 aliphatic rings. The highest BCUT2D eigenvalue weighted by molar-refractivity contribution is 6.16. The molecule has 0 fully saturated rings. The third-order valence-corrected chi connectivity index (χ3v) is 1.84. The molecule has 1 atom stereocenters. The smallest absolute Gasteiger partial charge is 0.227 e. The number of nitrogens with zero attached hydrogens (tertiary/aromatic N) is 2. The van der Waals surface area contributed by atoms with Gasteiger partial charge in [0, 0.05) is 20.1 Å². The molecule has 1 unspecified atom stereocenters. The van der Waals surface area contributed by atoms with E-state index in [2.05, 4.69) is 17.1 Å². The molecule has 0 amide bonds. The number of hydrogen-bond acceptors (Lipinski definition) is 4. The van der Waals surface area contributed by atoms with Crippen LogP contribution in [-0.4, -0.2) is 23.9 Å². The predicted octanol–water partition coefficient (Wildman–Crippen LogP) is 1.63. The SMILES string of the molecule is COCC(C)Cc1nc(CCl)no1. The Bertz CT molecular complexity index is 252. The van der Waals surface area contributed by atoms with Crippen molar-refractivity contribution in [3.05, 3.63) is 11.7 Å². The molecule has 1 aromatic heterocycles. The Morgan fingerprint density at radius 1 is 1.62 bits per heavy atom. The molecule has 0 aliphatic heterocycles. The first-order valence-electron chi connectivity index (χ1n) is 4.12. The van der Waals surface area contributed by atoms with Crippen molar-refractivity contribution in [1.82, 2.24) is 10.1 Å². The summed E-state index contributed by atoms with van der Waals surface area (Å²) in [6.07, 6.45) is 0.734. The lowest BCUT2D eigenvalue weighted by molar-refractivity contribution is 0.155. The van der Waals surface area contributed by atoms with Gasteiger partial charge in [-0.05, 0) is 5.92 Å². The minimum absolute atomic E-state index is 0.294. The van der Waals surface area contributed by atoms with Gasteiger partial charge in [-0.25, -0.2) is 0 Å². The maximum absolute atomic E-state index is 5.53. The van der Waals surface area contributed by atoms with Gasteiger partial charge >= 0.3 is 0 Å². The monoisotopic (exact) mass is 204 g/mol. The molecule has 0 radical (unpaired) electrons. The zero-order valence-corrected chi connectivity index (χ0v) is 8.54. The molecule has 13 heavy (non-hydrogen) atoms. The van der Waals surface area contributed by atoms with Crippen molar-refractivity contribution in [2.24, 2.45) is 5.92 Å². The van der Waals surface area contributed by atoms with Crippen LogP contribution >= 0.6 is 11.6 Å². The Morgan fingerprint density at radius 2 is 2.38 bits per heavy atom. The van der Waals surface area contributed by atoms with Gasteiger partial charge in [0.2, 0.25) is 5.89 Å². The van der Waals surface area contributed by atoms with Gasteiger partial charge in [-0.2, -0.15) is 4.98 Å². The zero-order chi connectivity index (χ0) is 9.68. The summed E-state index contributed by atoms with van der Waals surface area (Å²) in [4.78, 5) is 4.09. The normalized spacial score (nSPS) is 13.2. The number of alkyl halides is 1. The van der Waals surface area contributed by atoms with E-state index in [0.29, 0.717) is 30.1 Å². The van der Waals surface area contributed by atoms with Crippen LogP contribution in [0.3, 0.4) is 0 Å². The number of hydrogen-bond donors (Lipinski definition) is 0. The number of methoxy groups -OCH3 is 1. The zero-order valence-electron chi connectivity index (χ0n) is 7.79. The Hall–Kier alpha value is -0.610.